The number of amides is 1. The molecule has 2 aromatic heterocycles. The molecular formula is C17H22F3N5O. The molecule has 2 aromatic rings. The van der Waals surface area contributed by atoms with E-state index in [4.69, 9.17) is 0 Å². The van der Waals surface area contributed by atoms with Gasteiger partial charge in [0.05, 0.1) is 18.1 Å². The summed E-state index contributed by atoms with van der Waals surface area (Å²) in [6, 6.07) is 2.15. The Morgan fingerprint density at radius 1 is 1.15 bits per heavy atom. The zero-order valence-corrected chi connectivity index (χ0v) is 15.4. The predicted octanol–water partition coefficient (Wildman–Crippen LogP) is 3.30. The highest BCUT2D eigenvalue weighted by atomic mass is 19.4. The van der Waals surface area contributed by atoms with Gasteiger partial charge in [-0.3, -0.25) is 4.79 Å². The number of hydrogen-bond acceptors (Lipinski definition) is 4. The van der Waals surface area contributed by atoms with Crippen molar-refractivity contribution in [3.05, 3.63) is 35.9 Å². The third-order valence-corrected chi connectivity index (χ3v) is 3.75. The average molecular weight is 369 g/mol. The van der Waals surface area contributed by atoms with Gasteiger partial charge >= 0.3 is 6.18 Å². The highest BCUT2D eigenvalue weighted by Crippen LogP contribution is 2.32. The van der Waals surface area contributed by atoms with Crippen LogP contribution in [0.3, 0.4) is 0 Å². The van der Waals surface area contributed by atoms with E-state index in [-0.39, 0.29) is 18.2 Å². The molecule has 9 heteroatoms. The lowest BCUT2D eigenvalue weighted by Crippen LogP contribution is -2.30. The van der Waals surface area contributed by atoms with Gasteiger partial charge in [-0.2, -0.15) is 13.2 Å². The normalized spacial score (nSPS) is 11.7. The Bertz CT molecular complexity index is 766. The van der Waals surface area contributed by atoms with Gasteiger partial charge in [0.15, 0.2) is 0 Å². The van der Waals surface area contributed by atoms with Crippen LogP contribution < -0.4 is 9.80 Å². The van der Waals surface area contributed by atoms with Crippen LogP contribution in [0.15, 0.2) is 24.5 Å². The largest absolute Gasteiger partial charge is 0.431 e. The Balaban J connectivity index is 2.37. The smallest absolute Gasteiger partial charge is 0.347 e. The number of alkyl halides is 3. The third kappa shape index (κ3) is 4.14. The van der Waals surface area contributed by atoms with Crippen molar-refractivity contribution in [1.29, 1.82) is 0 Å². The molecule has 1 amide bonds. The summed E-state index contributed by atoms with van der Waals surface area (Å²) in [5.74, 6) is -0.137. The molecule has 0 spiro atoms. The summed E-state index contributed by atoms with van der Waals surface area (Å²) in [6.45, 7) is 3.69. The number of rotatable bonds is 5. The minimum Gasteiger partial charge on any atom is -0.347 e. The van der Waals surface area contributed by atoms with Crippen LogP contribution in [-0.4, -0.2) is 41.6 Å². The van der Waals surface area contributed by atoms with Gasteiger partial charge in [0.1, 0.15) is 11.4 Å². The lowest BCUT2D eigenvalue weighted by Gasteiger charge is -2.21. The molecule has 0 aliphatic rings. The molecule has 0 saturated carbocycles. The first kappa shape index (κ1) is 19.7. The van der Waals surface area contributed by atoms with E-state index in [1.165, 1.54) is 30.4 Å². The minimum atomic E-state index is -4.53. The Kier molecular flexibility index (Phi) is 5.58. The minimum absolute atomic E-state index is 0.0230. The van der Waals surface area contributed by atoms with Crippen LogP contribution in [0.4, 0.5) is 24.8 Å². The van der Waals surface area contributed by atoms with Gasteiger partial charge in [-0.25, -0.2) is 9.97 Å². The van der Waals surface area contributed by atoms with E-state index >= 15 is 0 Å². The van der Waals surface area contributed by atoms with Crippen LogP contribution in [0.5, 0.6) is 0 Å². The van der Waals surface area contributed by atoms with E-state index in [2.05, 4.69) is 9.97 Å². The van der Waals surface area contributed by atoms with E-state index in [1.54, 1.807) is 32.8 Å². The summed E-state index contributed by atoms with van der Waals surface area (Å²) in [5, 5.41) is 0. The van der Waals surface area contributed by atoms with Crippen LogP contribution in [0, 0.1) is 5.92 Å². The van der Waals surface area contributed by atoms with E-state index in [0.29, 0.717) is 11.6 Å². The lowest BCUT2D eigenvalue weighted by molar-refractivity contribution is -0.143. The average Bonchev–Trinajstić information content (AvgIpc) is 2.96. The Labute approximate surface area is 150 Å². The van der Waals surface area contributed by atoms with Crippen LogP contribution in [0.25, 0.3) is 0 Å². The van der Waals surface area contributed by atoms with Crippen molar-refractivity contribution in [2.45, 2.75) is 26.6 Å². The van der Waals surface area contributed by atoms with Crippen molar-refractivity contribution in [3.63, 3.8) is 0 Å². The van der Waals surface area contributed by atoms with Crippen molar-refractivity contribution in [3.8, 4) is 0 Å². The van der Waals surface area contributed by atoms with Crippen LogP contribution in [-0.2, 0) is 12.7 Å². The maximum Gasteiger partial charge on any atom is 0.431 e. The summed E-state index contributed by atoms with van der Waals surface area (Å²) in [6.07, 6.45) is -1.61. The van der Waals surface area contributed by atoms with E-state index in [0.717, 1.165) is 10.6 Å². The molecule has 142 valence electrons. The van der Waals surface area contributed by atoms with E-state index < -0.39 is 17.8 Å². The SMILES string of the molecule is CC(C)Cn1c(C(=O)N(C)c2cnc(N(C)C)nc2)ccc1C(F)(F)F. The molecule has 0 aromatic carbocycles. The molecule has 0 aliphatic carbocycles. The van der Waals surface area contributed by atoms with Crippen molar-refractivity contribution in [2.75, 3.05) is 30.9 Å². The molecule has 0 bridgehead atoms. The van der Waals surface area contributed by atoms with Crippen LogP contribution in [0.2, 0.25) is 0 Å². The number of carbonyl (C=O) groups excluding carboxylic acids is 1. The summed E-state index contributed by atoms with van der Waals surface area (Å²) in [5.41, 5.74) is -0.459. The van der Waals surface area contributed by atoms with Gasteiger partial charge in [-0.15, -0.1) is 0 Å². The highest BCUT2D eigenvalue weighted by Gasteiger charge is 2.36. The number of hydrogen-bond donors (Lipinski definition) is 0. The van der Waals surface area contributed by atoms with E-state index in [9.17, 15) is 18.0 Å². The van der Waals surface area contributed by atoms with Gasteiger partial charge in [0.25, 0.3) is 5.91 Å². The molecule has 2 heterocycles. The summed E-state index contributed by atoms with van der Waals surface area (Å²) in [7, 11) is 5.04. The molecule has 0 N–H and O–H groups in total. The van der Waals surface area contributed by atoms with Crippen molar-refractivity contribution in [1.82, 2.24) is 14.5 Å². The summed E-state index contributed by atoms with van der Waals surface area (Å²) >= 11 is 0. The summed E-state index contributed by atoms with van der Waals surface area (Å²) < 4.78 is 40.8. The number of anilines is 2. The zero-order valence-electron chi connectivity index (χ0n) is 15.4. The quantitative estimate of drug-likeness (QED) is 0.812. The van der Waals surface area contributed by atoms with Gasteiger partial charge in [0.2, 0.25) is 5.95 Å². The molecule has 2 rings (SSSR count). The van der Waals surface area contributed by atoms with Crippen LogP contribution >= 0.6 is 0 Å². The fraction of sp³-hybridized carbons (Fsp3) is 0.471. The number of carbonyl (C=O) groups is 1. The lowest BCUT2D eigenvalue weighted by atomic mass is 10.2. The number of halogens is 3. The second-order valence-electron chi connectivity index (χ2n) is 6.61. The summed E-state index contributed by atoms with van der Waals surface area (Å²) in [4.78, 5) is 24.0. The Morgan fingerprint density at radius 2 is 1.73 bits per heavy atom. The van der Waals surface area contributed by atoms with Crippen molar-refractivity contribution >= 4 is 17.5 Å². The molecule has 26 heavy (non-hydrogen) atoms. The van der Waals surface area contributed by atoms with Crippen LogP contribution in [0.1, 0.15) is 30.0 Å². The van der Waals surface area contributed by atoms with Crippen molar-refractivity contribution in [2.24, 2.45) is 5.92 Å². The maximum absolute atomic E-state index is 13.2. The molecule has 0 aliphatic heterocycles. The number of nitrogens with zero attached hydrogens (tertiary/aromatic N) is 5. The van der Waals surface area contributed by atoms with Gasteiger partial charge in [0, 0.05) is 27.7 Å². The topological polar surface area (TPSA) is 54.3 Å². The van der Waals surface area contributed by atoms with Gasteiger partial charge in [-0.05, 0) is 18.1 Å². The zero-order chi connectivity index (χ0) is 19.6. The molecule has 0 radical (unpaired) electrons. The van der Waals surface area contributed by atoms with Crippen molar-refractivity contribution < 1.29 is 18.0 Å². The Hall–Kier alpha value is -2.58. The van der Waals surface area contributed by atoms with Gasteiger partial charge in [-0.1, -0.05) is 13.8 Å². The molecule has 0 fully saturated rings. The standard InChI is InChI=1S/C17H22F3N5O/c1-11(2)10-25-13(6-7-14(25)17(18,19)20)15(26)24(5)12-8-21-16(22-9-12)23(3)4/h6-9,11H,10H2,1-5H3. The third-order valence-electron chi connectivity index (χ3n) is 3.75. The second kappa shape index (κ2) is 7.35. The number of aromatic nitrogens is 3. The monoisotopic (exact) mass is 369 g/mol. The molecule has 0 unspecified atom stereocenters. The first-order chi connectivity index (χ1) is 12.0. The fourth-order valence-corrected chi connectivity index (χ4v) is 2.47. The molecule has 0 atom stereocenters. The second-order valence-corrected chi connectivity index (χ2v) is 6.61. The predicted molar refractivity (Wildman–Crippen MR) is 93.4 cm³/mol. The van der Waals surface area contributed by atoms with Gasteiger partial charge < -0.3 is 14.4 Å². The Morgan fingerprint density at radius 3 is 2.19 bits per heavy atom. The highest BCUT2D eigenvalue weighted by molar-refractivity contribution is 6.04. The first-order valence-electron chi connectivity index (χ1n) is 8.06. The first-order valence-corrected chi connectivity index (χ1v) is 8.06. The van der Waals surface area contributed by atoms with E-state index in [1.807, 2.05) is 0 Å². The molecule has 0 saturated heterocycles. The maximum atomic E-state index is 13.2. The molecule has 6 nitrogen and oxygen atoms in total. The fourth-order valence-electron chi connectivity index (χ4n) is 2.47. The molecular weight excluding hydrogens is 347 g/mol.